The number of nitrogens with two attached hydrogens (primary N) is 2. The molecule has 0 aliphatic heterocycles. The van der Waals surface area contributed by atoms with Crippen LogP contribution in [0.4, 0.5) is 0 Å². The van der Waals surface area contributed by atoms with E-state index in [0.29, 0.717) is 11.1 Å². The SMILES string of the molecule is NC(=O)C[C@H](N)C(=O)N[C@@H](Cc1ccc(O)cc1)C(=O)N[C@@H](Cc1ccc(O)cc1)C(=O)O. The molecule has 9 N–H and O–H groups in total. The van der Waals surface area contributed by atoms with Crippen molar-refractivity contribution in [2.24, 2.45) is 11.5 Å². The second kappa shape index (κ2) is 11.5. The molecular formula is C22H26N4O7. The number of phenolic OH excluding ortho intramolecular Hbond substituents is 2. The lowest BCUT2D eigenvalue weighted by Crippen LogP contribution is -2.56. The summed E-state index contributed by atoms with van der Waals surface area (Å²) in [4.78, 5) is 48.1. The number of primary amides is 1. The van der Waals surface area contributed by atoms with E-state index < -0.39 is 48.2 Å². The molecule has 2 aromatic rings. The molecule has 0 radical (unpaired) electrons. The van der Waals surface area contributed by atoms with E-state index in [9.17, 15) is 34.5 Å². The van der Waals surface area contributed by atoms with Gasteiger partial charge in [-0.25, -0.2) is 4.79 Å². The number of carbonyl (C=O) groups is 4. The van der Waals surface area contributed by atoms with Gasteiger partial charge in [0.25, 0.3) is 0 Å². The highest BCUT2D eigenvalue weighted by atomic mass is 16.4. The van der Waals surface area contributed by atoms with Gasteiger partial charge in [-0.1, -0.05) is 24.3 Å². The Morgan fingerprint density at radius 3 is 1.61 bits per heavy atom. The number of hydrogen-bond donors (Lipinski definition) is 7. The molecule has 33 heavy (non-hydrogen) atoms. The van der Waals surface area contributed by atoms with E-state index in [2.05, 4.69) is 10.6 Å². The number of rotatable bonds is 11. The number of aliphatic carboxylic acids is 1. The largest absolute Gasteiger partial charge is 0.508 e. The third-order valence-electron chi connectivity index (χ3n) is 4.76. The minimum absolute atomic E-state index is 0.00658. The monoisotopic (exact) mass is 458 g/mol. The van der Waals surface area contributed by atoms with Gasteiger partial charge >= 0.3 is 5.97 Å². The van der Waals surface area contributed by atoms with Crippen molar-refractivity contribution in [2.75, 3.05) is 0 Å². The third-order valence-corrected chi connectivity index (χ3v) is 4.76. The van der Waals surface area contributed by atoms with Gasteiger partial charge in [-0.05, 0) is 35.4 Å². The zero-order valence-electron chi connectivity index (χ0n) is 17.6. The van der Waals surface area contributed by atoms with E-state index >= 15 is 0 Å². The van der Waals surface area contributed by atoms with Crippen molar-refractivity contribution in [3.05, 3.63) is 59.7 Å². The molecular weight excluding hydrogens is 432 g/mol. The molecule has 0 saturated heterocycles. The average molecular weight is 458 g/mol. The van der Waals surface area contributed by atoms with Crippen molar-refractivity contribution in [1.29, 1.82) is 0 Å². The van der Waals surface area contributed by atoms with E-state index in [1.54, 1.807) is 0 Å². The maximum atomic E-state index is 12.9. The summed E-state index contributed by atoms with van der Waals surface area (Å²) in [5, 5.41) is 33.2. The van der Waals surface area contributed by atoms with Crippen LogP contribution in [0.2, 0.25) is 0 Å². The van der Waals surface area contributed by atoms with Crippen LogP contribution in [-0.4, -0.2) is 57.1 Å². The Labute approximate surface area is 189 Å². The van der Waals surface area contributed by atoms with Gasteiger partial charge in [0.2, 0.25) is 17.7 Å². The lowest BCUT2D eigenvalue weighted by molar-refractivity contribution is -0.142. The van der Waals surface area contributed by atoms with Crippen LogP contribution in [0.5, 0.6) is 11.5 Å². The molecule has 0 aliphatic carbocycles. The number of phenols is 2. The number of carboxylic acid groups (broad SMARTS) is 1. The van der Waals surface area contributed by atoms with Crippen molar-refractivity contribution in [1.82, 2.24) is 10.6 Å². The predicted molar refractivity (Wildman–Crippen MR) is 117 cm³/mol. The van der Waals surface area contributed by atoms with Crippen LogP contribution in [0, 0.1) is 0 Å². The fourth-order valence-electron chi connectivity index (χ4n) is 3.01. The van der Waals surface area contributed by atoms with Crippen molar-refractivity contribution in [3.8, 4) is 11.5 Å². The predicted octanol–water partition coefficient (Wildman–Crippen LogP) is -0.860. The second-order valence-electron chi connectivity index (χ2n) is 7.48. The highest BCUT2D eigenvalue weighted by Gasteiger charge is 2.28. The van der Waals surface area contributed by atoms with Crippen molar-refractivity contribution >= 4 is 23.7 Å². The Bertz CT molecular complexity index is 993. The van der Waals surface area contributed by atoms with Crippen LogP contribution in [0.25, 0.3) is 0 Å². The molecule has 0 saturated carbocycles. The normalized spacial score (nSPS) is 13.4. The Morgan fingerprint density at radius 2 is 1.18 bits per heavy atom. The molecule has 0 bridgehead atoms. The Hall–Kier alpha value is -4.12. The number of carboxylic acids is 1. The van der Waals surface area contributed by atoms with Gasteiger partial charge in [-0.2, -0.15) is 0 Å². The summed E-state index contributed by atoms with van der Waals surface area (Å²) < 4.78 is 0. The number of nitrogens with one attached hydrogen (secondary N) is 2. The molecule has 0 heterocycles. The molecule has 3 atom stereocenters. The fraction of sp³-hybridized carbons (Fsp3) is 0.273. The molecule has 176 valence electrons. The zero-order chi connectivity index (χ0) is 24.5. The van der Waals surface area contributed by atoms with E-state index in [1.807, 2.05) is 0 Å². The first-order chi connectivity index (χ1) is 15.5. The van der Waals surface area contributed by atoms with Gasteiger partial charge in [-0.15, -0.1) is 0 Å². The Balaban J connectivity index is 2.19. The number of amides is 3. The number of benzene rings is 2. The summed E-state index contributed by atoms with van der Waals surface area (Å²) in [6, 6.07) is 7.88. The summed E-state index contributed by atoms with van der Waals surface area (Å²) in [5.41, 5.74) is 11.8. The number of hydrogen-bond acceptors (Lipinski definition) is 7. The molecule has 2 aromatic carbocycles. The lowest BCUT2D eigenvalue weighted by Gasteiger charge is -2.23. The van der Waals surface area contributed by atoms with Crippen LogP contribution in [0.3, 0.4) is 0 Å². The first kappa shape index (κ1) is 25.1. The molecule has 0 unspecified atom stereocenters. The van der Waals surface area contributed by atoms with Crippen molar-refractivity contribution < 1.29 is 34.5 Å². The number of aromatic hydroxyl groups is 2. The van der Waals surface area contributed by atoms with Crippen LogP contribution < -0.4 is 22.1 Å². The summed E-state index contributed by atoms with van der Waals surface area (Å²) >= 11 is 0. The maximum absolute atomic E-state index is 12.9. The van der Waals surface area contributed by atoms with E-state index in [-0.39, 0.29) is 24.3 Å². The van der Waals surface area contributed by atoms with Crippen LogP contribution in [-0.2, 0) is 32.0 Å². The van der Waals surface area contributed by atoms with Gasteiger partial charge in [-0.3, -0.25) is 14.4 Å². The smallest absolute Gasteiger partial charge is 0.326 e. The zero-order valence-corrected chi connectivity index (χ0v) is 17.6. The summed E-state index contributed by atoms with van der Waals surface area (Å²) in [7, 11) is 0. The van der Waals surface area contributed by atoms with Crippen LogP contribution in [0.15, 0.2) is 48.5 Å². The number of carbonyl (C=O) groups excluding carboxylic acids is 3. The summed E-state index contributed by atoms with van der Waals surface area (Å²) in [6.45, 7) is 0. The first-order valence-electron chi connectivity index (χ1n) is 9.98. The first-order valence-corrected chi connectivity index (χ1v) is 9.98. The average Bonchev–Trinajstić information content (AvgIpc) is 2.75. The fourth-order valence-corrected chi connectivity index (χ4v) is 3.01. The van der Waals surface area contributed by atoms with Crippen molar-refractivity contribution in [3.63, 3.8) is 0 Å². The molecule has 0 aliphatic rings. The van der Waals surface area contributed by atoms with Crippen molar-refractivity contribution in [2.45, 2.75) is 37.4 Å². The molecule has 11 nitrogen and oxygen atoms in total. The van der Waals surface area contributed by atoms with E-state index in [0.717, 1.165) is 0 Å². The topological polar surface area (TPSA) is 205 Å². The molecule has 0 spiro atoms. The molecule has 2 rings (SSSR count). The van der Waals surface area contributed by atoms with E-state index in [1.165, 1.54) is 48.5 Å². The highest BCUT2D eigenvalue weighted by molar-refractivity contribution is 5.93. The highest BCUT2D eigenvalue weighted by Crippen LogP contribution is 2.13. The standard InChI is InChI=1S/C22H26N4O7/c23-16(11-19(24)29)20(30)25-17(9-12-1-5-14(27)6-2-12)21(31)26-18(22(32)33)10-13-3-7-15(28)8-4-13/h1-8,16-18,27-28H,9-11,23H2,(H2,24,29)(H,25,30)(H,26,31)(H,32,33)/t16-,17-,18-/m0/s1. The van der Waals surface area contributed by atoms with Gasteiger partial charge in [0.1, 0.15) is 23.6 Å². The van der Waals surface area contributed by atoms with E-state index in [4.69, 9.17) is 11.5 Å². The Morgan fingerprint density at radius 1 is 0.758 bits per heavy atom. The van der Waals surface area contributed by atoms with Crippen LogP contribution >= 0.6 is 0 Å². The molecule has 0 fully saturated rings. The summed E-state index contributed by atoms with van der Waals surface area (Å²) in [6.07, 6.45) is -0.535. The van der Waals surface area contributed by atoms with Gasteiger partial charge in [0, 0.05) is 12.8 Å². The molecule has 11 heteroatoms. The van der Waals surface area contributed by atoms with Gasteiger partial charge in [0.15, 0.2) is 0 Å². The van der Waals surface area contributed by atoms with Crippen LogP contribution in [0.1, 0.15) is 17.5 Å². The lowest BCUT2D eigenvalue weighted by atomic mass is 10.0. The third kappa shape index (κ3) is 8.15. The minimum Gasteiger partial charge on any atom is -0.508 e. The molecule has 0 aromatic heterocycles. The maximum Gasteiger partial charge on any atom is 0.326 e. The molecule has 3 amide bonds. The minimum atomic E-state index is -1.32. The van der Waals surface area contributed by atoms with Gasteiger partial charge in [0.05, 0.1) is 12.5 Å². The second-order valence-corrected chi connectivity index (χ2v) is 7.48. The summed E-state index contributed by atoms with van der Waals surface area (Å²) in [5.74, 6) is -3.66. The quantitative estimate of drug-likeness (QED) is 0.225. The van der Waals surface area contributed by atoms with Gasteiger partial charge < -0.3 is 37.4 Å². The Kier molecular flexibility index (Phi) is 8.75.